The van der Waals surface area contributed by atoms with Gasteiger partial charge in [0, 0.05) is 23.9 Å². The summed E-state index contributed by atoms with van der Waals surface area (Å²) in [4.78, 5) is 16.4. The third-order valence-electron chi connectivity index (χ3n) is 4.37. The number of amides is 1. The van der Waals surface area contributed by atoms with Gasteiger partial charge in [-0.3, -0.25) is 4.79 Å². The third kappa shape index (κ3) is 3.73. The van der Waals surface area contributed by atoms with Gasteiger partial charge in [-0.05, 0) is 51.0 Å². The summed E-state index contributed by atoms with van der Waals surface area (Å²) in [5.74, 6) is 0.448. The summed E-state index contributed by atoms with van der Waals surface area (Å²) in [5, 5.41) is 12.5. The van der Waals surface area contributed by atoms with Crippen molar-refractivity contribution in [3.8, 4) is 5.88 Å². The molecule has 1 aromatic heterocycles. The summed E-state index contributed by atoms with van der Waals surface area (Å²) in [7, 11) is 0. The van der Waals surface area contributed by atoms with Crippen LogP contribution in [0.15, 0.2) is 18.3 Å². The number of carbonyl (C=O) groups is 1. The van der Waals surface area contributed by atoms with E-state index in [1.54, 1.807) is 18.3 Å². The van der Waals surface area contributed by atoms with Crippen molar-refractivity contribution < 1.29 is 14.6 Å². The standard InChI is InChI=1S/C16H22N2O3/c19-13-6-4-12(5-7-13)18-16(20)11-8-9-17-15(10-11)21-14-2-1-3-14/h8-10,12-14,19H,1-7H2,(H,18,20). The fourth-order valence-electron chi connectivity index (χ4n) is 2.76. The van der Waals surface area contributed by atoms with Crippen molar-refractivity contribution in [2.45, 2.75) is 63.2 Å². The minimum absolute atomic E-state index is 0.0859. The summed E-state index contributed by atoms with van der Waals surface area (Å²) < 4.78 is 5.72. The van der Waals surface area contributed by atoms with Crippen LogP contribution in [-0.4, -0.2) is 34.2 Å². The predicted octanol–water partition coefficient (Wildman–Crippen LogP) is 2.05. The second-order valence-corrected chi connectivity index (χ2v) is 6.03. The van der Waals surface area contributed by atoms with Gasteiger partial charge in [-0.25, -0.2) is 4.98 Å². The molecule has 0 unspecified atom stereocenters. The Balaban J connectivity index is 1.57. The normalized spacial score (nSPS) is 26.0. The van der Waals surface area contributed by atoms with Crippen molar-refractivity contribution in [3.05, 3.63) is 23.9 Å². The van der Waals surface area contributed by atoms with E-state index in [9.17, 15) is 9.90 Å². The molecule has 0 spiro atoms. The Labute approximate surface area is 124 Å². The van der Waals surface area contributed by atoms with E-state index in [4.69, 9.17) is 4.74 Å². The lowest BCUT2D eigenvalue weighted by molar-refractivity contribution is 0.0864. The molecule has 2 saturated carbocycles. The van der Waals surface area contributed by atoms with Crippen molar-refractivity contribution in [1.29, 1.82) is 0 Å². The maximum Gasteiger partial charge on any atom is 0.251 e. The lowest BCUT2D eigenvalue weighted by atomic mass is 9.93. The molecule has 2 aliphatic carbocycles. The van der Waals surface area contributed by atoms with Gasteiger partial charge in [-0.2, -0.15) is 0 Å². The van der Waals surface area contributed by atoms with Crippen LogP contribution >= 0.6 is 0 Å². The molecule has 1 heterocycles. The second kappa shape index (κ2) is 6.43. The summed E-state index contributed by atoms with van der Waals surface area (Å²) in [6.07, 6.45) is 8.22. The van der Waals surface area contributed by atoms with Gasteiger partial charge < -0.3 is 15.2 Å². The van der Waals surface area contributed by atoms with Crippen LogP contribution in [0.3, 0.4) is 0 Å². The molecule has 0 atom stereocenters. The van der Waals surface area contributed by atoms with Crippen LogP contribution in [0, 0.1) is 0 Å². The van der Waals surface area contributed by atoms with Crippen LogP contribution < -0.4 is 10.1 Å². The molecule has 0 radical (unpaired) electrons. The van der Waals surface area contributed by atoms with Crippen LogP contribution in [0.2, 0.25) is 0 Å². The van der Waals surface area contributed by atoms with E-state index in [0.717, 1.165) is 38.5 Å². The molecule has 114 valence electrons. The van der Waals surface area contributed by atoms with E-state index in [0.29, 0.717) is 11.4 Å². The highest BCUT2D eigenvalue weighted by Crippen LogP contribution is 2.24. The smallest absolute Gasteiger partial charge is 0.251 e. The summed E-state index contributed by atoms with van der Waals surface area (Å²) in [5.41, 5.74) is 0.588. The average Bonchev–Trinajstić information content (AvgIpc) is 2.46. The number of hydrogen-bond donors (Lipinski definition) is 2. The topological polar surface area (TPSA) is 71.5 Å². The molecular formula is C16H22N2O3. The Hall–Kier alpha value is -1.62. The van der Waals surface area contributed by atoms with Gasteiger partial charge in [0.25, 0.3) is 5.91 Å². The predicted molar refractivity (Wildman–Crippen MR) is 78.2 cm³/mol. The average molecular weight is 290 g/mol. The van der Waals surface area contributed by atoms with Crippen molar-refractivity contribution in [3.63, 3.8) is 0 Å². The zero-order valence-corrected chi connectivity index (χ0v) is 12.1. The highest BCUT2D eigenvalue weighted by Gasteiger charge is 2.22. The highest BCUT2D eigenvalue weighted by molar-refractivity contribution is 5.94. The lowest BCUT2D eigenvalue weighted by Gasteiger charge is -2.27. The van der Waals surface area contributed by atoms with Crippen LogP contribution in [0.25, 0.3) is 0 Å². The van der Waals surface area contributed by atoms with Crippen molar-refractivity contribution in [2.75, 3.05) is 0 Å². The Morgan fingerprint density at radius 3 is 2.67 bits per heavy atom. The van der Waals surface area contributed by atoms with Gasteiger partial charge >= 0.3 is 0 Å². The van der Waals surface area contributed by atoms with Crippen LogP contribution in [0.4, 0.5) is 0 Å². The first-order valence-corrected chi connectivity index (χ1v) is 7.82. The minimum atomic E-state index is -0.207. The Bertz CT molecular complexity index is 494. The van der Waals surface area contributed by atoms with Crippen molar-refractivity contribution in [1.82, 2.24) is 10.3 Å². The van der Waals surface area contributed by atoms with Crippen LogP contribution in [-0.2, 0) is 0 Å². The van der Waals surface area contributed by atoms with Gasteiger partial charge in [0.2, 0.25) is 5.88 Å². The molecule has 0 bridgehead atoms. The fourth-order valence-corrected chi connectivity index (χ4v) is 2.76. The molecule has 3 rings (SSSR count). The van der Waals surface area contributed by atoms with E-state index in [2.05, 4.69) is 10.3 Å². The Kier molecular flexibility index (Phi) is 4.39. The van der Waals surface area contributed by atoms with Gasteiger partial charge in [0.05, 0.1) is 6.10 Å². The lowest BCUT2D eigenvalue weighted by Crippen LogP contribution is -2.38. The summed E-state index contributed by atoms with van der Waals surface area (Å²) in [6, 6.07) is 3.58. The monoisotopic (exact) mass is 290 g/mol. The molecule has 5 nitrogen and oxygen atoms in total. The maximum absolute atomic E-state index is 12.3. The van der Waals surface area contributed by atoms with Crippen molar-refractivity contribution >= 4 is 5.91 Å². The quantitative estimate of drug-likeness (QED) is 0.890. The zero-order valence-electron chi connectivity index (χ0n) is 12.1. The molecule has 2 aliphatic rings. The molecule has 2 N–H and O–H groups in total. The number of hydrogen-bond acceptors (Lipinski definition) is 4. The SMILES string of the molecule is O=C(NC1CCC(O)CC1)c1ccnc(OC2CCC2)c1. The number of nitrogens with zero attached hydrogens (tertiary/aromatic N) is 1. The van der Waals surface area contributed by atoms with E-state index in [1.165, 1.54) is 6.42 Å². The zero-order chi connectivity index (χ0) is 14.7. The summed E-state index contributed by atoms with van der Waals surface area (Å²) in [6.45, 7) is 0. The Morgan fingerprint density at radius 2 is 2.00 bits per heavy atom. The van der Waals surface area contributed by atoms with E-state index < -0.39 is 0 Å². The molecule has 5 heteroatoms. The van der Waals surface area contributed by atoms with Crippen LogP contribution in [0.5, 0.6) is 5.88 Å². The van der Waals surface area contributed by atoms with E-state index in [1.807, 2.05) is 0 Å². The van der Waals surface area contributed by atoms with Gasteiger partial charge in [0.15, 0.2) is 0 Å². The van der Waals surface area contributed by atoms with Crippen molar-refractivity contribution in [2.24, 2.45) is 0 Å². The third-order valence-corrected chi connectivity index (χ3v) is 4.37. The van der Waals surface area contributed by atoms with E-state index in [-0.39, 0.29) is 24.2 Å². The number of nitrogens with one attached hydrogen (secondary N) is 1. The molecule has 0 aliphatic heterocycles. The van der Waals surface area contributed by atoms with Crippen LogP contribution in [0.1, 0.15) is 55.3 Å². The molecule has 2 fully saturated rings. The fraction of sp³-hybridized carbons (Fsp3) is 0.625. The minimum Gasteiger partial charge on any atom is -0.474 e. The van der Waals surface area contributed by atoms with Gasteiger partial charge in [0.1, 0.15) is 6.10 Å². The largest absolute Gasteiger partial charge is 0.474 e. The number of aliphatic hydroxyl groups is 1. The number of aromatic nitrogens is 1. The first-order valence-electron chi connectivity index (χ1n) is 7.82. The Morgan fingerprint density at radius 1 is 1.24 bits per heavy atom. The maximum atomic E-state index is 12.3. The van der Waals surface area contributed by atoms with E-state index >= 15 is 0 Å². The number of rotatable bonds is 4. The number of ether oxygens (including phenoxy) is 1. The molecular weight excluding hydrogens is 268 g/mol. The van der Waals surface area contributed by atoms with Gasteiger partial charge in [-0.1, -0.05) is 0 Å². The first-order chi connectivity index (χ1) is 10.2. The number of aliphatic hydroxyl groups excluding tert-OH is 1. The van der Waals surface area contributed by atoms with Gasteiger partial charge in [-0.15, -0.1) is 0 Å². The second-order valence-electron chi connectivity index (χ2n) is 6.03. The highest BCUT2D eigenvalue weighted by atomic mass is 16.5. The summed E-state index contributed by atoms with van der Waals surface area (Å²) >= 11 is 0. The molecule has 1 amide bonds. The molecule has 21 heavy (non-hydrogen) atoms. The first kappa shape index (κ1) is 14.3. The molecule has 0 saturated heterocycles. The molecule has 1 aromatic rings. The number of carbonyl (C=O) groups excluding carboxylic acids is 1. The number of pyridine rings is 1. The molecule has 0 aromatic carbocycles.